The number of rotatable bonds is 6. The molecule has 0 unspecified atom stereocenters. The zero-order valence-corrected chi connectivity index (χ0v) is 20.5. The highest BCUT2D eigenvalue weighted by Crippen LogP contribution is 2.27. The summed E-state index contributed by atoms with van der Waals surface area (Å²) in [5.41, 5.74) is 3.34. The summed E-state index contributed by atoms with van der Waals surface area (Å²) in [7, 11) is 0. The van der Waals surface area contributed by atoms with Crippen molar-refractivity contribution in [2.24, 2.45) is 0 Å². The molecule has 0 atom stereocenters. The third-order valence-electron chi connectivity index (χ3n) is 5.64. The second kappa shape index (κ2) is 10.3. The Bertz CT molecular complexity index is 1580. The highest BCUT2D eigenvalue weighted by atomic mass is 79.9. The van der Waals surface area contributed by atoms with Gasteiger partial charge >= 0.3 is 5.97 Å². The molecule has 1 heterocycles. The highest BCUT2D eigenvalue weighted by Gasteiger charge is 2.19. The minimum absolute atomic E-state index is 0.183. The number of ether oxygens (including phenoxy) is 1. The average Bonchev–Trinajstić information content (AvgIpc) is 3.23. The topological polar surface area (TPSA) is 44.1 Å². The molecule has 0 aliphatic rings. The predicted octanol–water partition coefficient (Wildman–Crippen LogP) is 7.27. The van der Waals surface area contributed by atoms with Gasteiger partial charge in [0.2, 0.25) is 0 Å². The first-order valence-electron chi connectivity index (χ1n) is 11.1. The average molecular weight is 545 g/mol. The number of aromatic nitrogens is 2. The number of carbonyl (C=O) groups is 1. The summed E-state index contributed by atoms with van der Waals surface area (Å²) in [5.74, 6) is -0.817. The maximum absolute atomic E-state index is 13.7. The molecule has 0 aliphatic heterocycles. The van der Waals surface area contributed by atoms with Crippen LogP contribution in [0.15, 0.2) is 102 Å². The second-order valence-corrected chi connectivity index (χ2v) is 8.90. The summed E-state index contributed by atoms with van der Waals surface area (Å²) in [6.07, 6.45) is 1.63. The van der Waals surface area contributed by atoms with E-state index < -0.39 is 17.6 Å². The lowest BCUT2D eigenvalue weighted by molar-refractivity contribution is -0.127. The van der Waals surface area contributed by atoms with E-state index in [1.807, 2.05) is 53.1 Å². The summed E-state index contributed by atoms with van der Waals surface area (Å²) < 4.78 is 35.5. The quantitative estimate of drug-likeness (QED) is 0.128. The number of imidazole rings is 1. The Kier molecular flexibility index (Phi) is 6.73. The van der Waals surface area contributed by atoms with Gasteiger partial charge in [-0.15, -0.1) is 0 Å². The number of halogens is 3. The molecule has 178 valence electrons. The lowest BCUT2D eigenvalue weighted by Gasteiger charge is -2.12. The molecule has 0 radical (unpaired) electrons. The van der Waals surface area contributed by atoms with Crippen molar-refractivity contribution in [3.05, 3.63) is 130 Å². The minimum Gasteiger partial charge on any atom is -0.423 e. The number of nitrogens with zero attached hydrogens (tertiary/aromatic N) is 2. The van der Waals surface area contributed by atoms with Gasteiger partial charge in [0.05, 0.1) is 23.2 Å². The molecule has 5 aromatic rings. The Labute approximate surface area is 214 Å². The third-order valence-corrected chi connectivity index (χ3v) is 6.42. The summed E-state index contributed by atoms with van der Waals surface area (Å²) in [4.78, 5) is 18.1. The van der Waals surface area contributed by atoms with E-state index in [1.54, 1.807) is 6.08 Å². The van der Waals surface area contributed by atoms with E-state index in [-0.39, 0.29) is 11.3 Å². The molecule has 0 spiro atoms. The fourth-order valence-electron chi connectivity index (χ4n) is 3.85. The van der Waals surface area contributed by atoms with Crippen molar-refractivity contribution in [1.82, 2.24) is 9.55 Å². The fraction of sp³-hybridized carbons (Fsp3) is 0.0345. The van der Waals surface area contributed by atoms with Crippen LogP contribution in [0.3, 0.4) is 0 Å². The SMILES string of the molecule is O=C(Oc1ccc(F)cc1)/C(=C\c1nc2ccccc2n1Cc1ccccc1Br)c1ccc(F)cc1. The van der Waals surface area contributed by atoms with Gasteiger partial charge < -0.3 is 9.30 Å². The molecule has 7 heteroatoms. The summed E-state index contributed by atoms with van der Waals surface area (Å²) in [6.45, 7) is 0.497. The van der Waals surface area contributed by atoms with Crippen molar-refractivity contribution >= 4 is 44.6 Å². The van der Waals surface area contributed by atoms with Gasteiger partial charge in [0.15, 0.2) is 0 Å². The van der Waals surface area contributed by atoms with E-state index in [2.05, 4.69) is 15.9 Å². The standard InChI is InChI=1S/C29H19BrF2N2O2/c30-25-6-2-1-5-20(25)18-34-27-8-4-3-7-26(27)33-28(34)17-24(19-9-11-21(31)12-10-19)29(35)36-23-15-13-22(32)14-16-23/h1-17H,18H2/b24-17-. The van der Waals surface area contributed by atoms with E-state index in [0.29, 0.717) is 17.9 Å². The number of hydrogen-bond acceptors (Lipinski definition) is 3. The normalized spacial score (nSPS) is 11.6. The van der Waals surface area contributed by atoms with Crippen LogP contribution in [-0.4, -0.2) is 15.5 Å². The molecule has 0 N–H and O–H groups in total. The first-order chi connectivity index (χ1) is 17.5. The summed E-state index contributed by atoms with van der Waals surface area (Å²) in [6, 6.07) is 26.3. The van der Waals surface area contributed by atoms with E-state index in [1.165, 1.54) is 48.5 Å². The van der Waals surface area contributed by atoms with Gasteiger partial charge in [0.1, 0.15) is 23.2 Å². The van der Waals surface area contributed by atoms with E-state index in [9.17, 15) is 13.6 Å². The smallest absolute Gasteiger partial charge is 0.344 e. The van der Waals surface area contributed by atoms with Crippen molar-refractivity contribution in [3.8, 4) is 5.75 Å². The van der Waals surface area contributed by atoms with Crippen molar-refractivity contribution in [3.63, 3.8) is 0 Å². The molecule has 0 aliphatic carbocycles. The van der Waals surface area contributed by atoms with Crippen molar-refractivity contribution < 1.29 is 18.3 Å². The molecule has 4 aromatic carbocycles. The van der Waals surface area contributed by atoms with Crippen molar-refractivity contribution in [1.29, 1.82) is 0 Å². The Hall–Kier alpha value is -4.10. The van der Waals surface area contributed by atoms with Crippen LogP contribution in [0.5, 0.6) is 5.75 Å². The number of carbonyl (C=O) groups excluding carboxylic acids is 1. The van der Waals surface area contributed by atoms with E-state index in [0.717, 1.165) is 21.1 Å². The van der Waals surface area contributed by atoms with Gasteiger partial charge in [-0.2, -0.15) is 0 Å². The first kappa shape index (κ1) is 23.6. The van der Waals surface area contributed by atoms with Gasteiger partial charge in [0.25, 0.3) is 0 Å². The first-order valence-corrected chi connectivity index (χ1v) is 11.9. The molecule has 1 aromatic heterocycles. The number of esters is 1. The molecule has 0 saturated heterocycles. The highest BCUT2D eigenvalue weighted by molar-refractivity contribution is 9.10. The second-order valence-electron chi connectivity index (χ2n) is 8.04. The van der Waals surface area contributed by atoms with Gasteiger partial charge in [-0.05, 0) is 71.8 Å². The molecular weight excluding hydrogens is 526 g/mol. The Morgan fingerprint density at radius 3 is 2.22 bits per heavy atom. The fourth-order valence-corrected chi connectivity index (χ4v) is 4.26. The maximum Gasteiger partial charge on any atom is 0.344 e. The minimum atomic E-state index is -0.673. The van der Waals surface area contributed by atoms with Crippen LogP contribution in [0, 0.1) is 11.6 Å². The van der Waals surface area contributed by atoms with Crippen LogP contribution in [0.25, 0.3) is 22.7 Å². The predicted molar refractivity (Wildman–Crippen MR) is 139 cm³/mol. The number of hydrogen-bond donors (Lipinski definition) is 0. The van der Waals surface area contributed by atoms with Crippen molar-refractivity contribution in [2.45, 2.75) is 6.54 Å². The van der Waals surface area contributed by atoms with Gasteiger partial charge in [-0.25, -0.2) is 18.6 Å². The largest absolute Gasteiger partial charge is 0.423 e. The molecular formula is C29H19BrF2N2O2. The van der Waals surface area contributed by atoms with Crippen molar-refractivity contribution in [2.75, 3.05) is 0 Å². The Morgan fingerprint density at radius 2 is 1.50 bits per heavy atom. The molecule has 0 saturated carbocycles. The Balaban J connectivity index is 1.63. The van der Waals surface area contributed by atoms with E-state index in [4.69, 9.17) is 9.72 Å². The lowest BCUT2D eigenvalue weighted by Crippen LogP contribution is -2.12. The maximum atomic E-state index is 13.7. The third kappa shape index (κ3) is 5.11. The van der Waals surface area contributed by atoms with Crippen LogP contribution in [0.2, 0.25) is 0 Å². The molecule has 5 rings (SSSR count). The monoisotopic (exact) mass is 544 g/mol. The Morgan fingerprint density at radius 1 is 0.861 bits per heavy atom. The zero-order chi connectivity index (χ0) is 25.1. The summed E-state index contributed by atoms with van der Waals surface area (Å²) in [5, 5.41) is 0. The van der Waals surface area contributed by atoms with E-state index >= 15 is 0 Å². The zero-order valence-electron chi connectivity index (χ0n) is 18.9. The van der Waals surface area contributed by atoms with Crippen LogP contribution >= 0.6 is 15.9 Å². The number of benzene rings is 4. The van der Waals surface area contributed by atoms with Gasteiger partial charge in [0, 0.05) is 4.47 Å². The number of para-hydroxylation sites is 2. The van der Waals surface area contributed by atoms with Crippen LogP contribution in [0.1, 0.15) is 17.0 Å². The molecule has 0 bridgehead atoms. The van der Waals surface area contributed by atoms with Crippen LogP contribution in [0.4, 0.5) is 8.78 Å². The van der Waals surface area contributed by atoms with Gasteiger partial charge in [-0.3, -0.25) is 0 Å². The molecule has 36 heavy (non-hydrogen) atoms. The van der Waals surface area contributed by atoms with Crippen LogP contribution < -0.4 is 4.74 Å². The van der Waals surface area contributed by atoms with Crippen LogP contribution in [-0.2, 0) is 11.3 Å². The van der Waals surface area contributed by atoms with Gasteiger partial charge in [-0.1, -0.05) is 58.4 Å². The summed E-state index contributed by atoms with van der Waals surface area (Å²) >= 11 is 3.60. The molecule has 0 fully saturated rings. The molecule has 4 nitrogen and oxygen atoms in total. The number of fused-ring (bicyclic) bond motifs is 1. The lowest BCUT2D eigenvalue weighted by atomic mass is 10.1. The molecule has 0 amide bonds.